The van der Waals surface area contributed by atoms with E-state index in [9.17, 15) is 4.39 Å². The SMILES string of the molecule is COc1ccccc1CSc1ccc(F)cc1. The average molecular weight is 248 g/mol. The van der Waals surface area contributed by atoms with E-state index in [1.54, 1.807) is 31.0 Å². The van der Waals surface area contributed by atoms with Gasteiger partial charge in [-0.25, -0.2) is 4.39 Å². The summed E-state index contributed by atoms with van der Waals surface area (Å²) in [5.41, 5.74) is 1.14. The van der Waals surface area contributed by atoms with E-state index in [2.05, 4.69) is 0 Å². The Bertz CT molecular complexity index is 482. The minimum Gasteiger partial charge on any atom is -0.496 e. The van der Waals surface area contributed by atoms with Crippen LogP contribution in [0.25, 0.3) is 0 Å². The molecule has 2 aromatic carbocycles. The lowest BCUT2D eigenvalue weighted by Crippen LogP contribution is -1.89. The largest absolute Gasteiger partial charge is 0.496 e. The lowest BCUT2D eigenvalue weighted by molar-refractivity contribution is 0.411. The Morgan fingerprint density at radius 1 is 1.06 bits per heavy atom. The Morgan fingerprint density at radius 2 is 1.76 bits per heavy atom. The van der Waals surface area contributed by atoms with E-state index in [-0.39, 0.29) is 5.82 Å². The fourth-order valence-corrected chi connectivity index (χ4v) is 2.40. The fourth-order valence-electron chi connectivity index (χ4n) is 1.51. The molecule has 0 aliphatic carbocycles. The monoisotopic (exact) mass is 248 g/mol. The molecule has 0 bridgehead atoms. The summed E-state index contributed by atoms with van der Waals surface area (Å²) in [7, 11) is 1.67. The quantitative estimate of drug-likeness (QED) is 0.752. The first-order valence-electron chi connectivity index (χ1n) is 5.30. The molecule has 2 rings (SSSR count). The summed E-state index contributed by atoms with van der Waals surface area (Å²) in [6, 6.07) is 14.4. The molecular formula is C14H13FOS. The van der Waals surface area contributed by atoms with Crippen LogP contribution in [0.1, 0.15) is 5.56 Å². The zero-order valence-corrected chi connectivity index (χ0v) is 10.3. The lowest BCUT2D eigenvalue weighted by Gasteiger charge is -2.07. The first-order chi connectivity index (χ1) is 8.29. The molecule has 0 N–H and O–H groups in total. The van der Waals surface area contributed by atoms with Crippen molar-refractivity contribution in [3.8, 4) is 5.75 Å². The Hall–Kier alpha value is -1.48. The molecule has 0 heterocycles. The van der Waals surface area contributed by atoms with Crippen molar-refractivity contribution >= 4 is 11.8 Å². The number of benzene rings is 2. The molecular weight excluding hydrogens is 235 g/mol. The fraction of sp³-hybridized carbons (Fsp3) is 0.143. The number of hydrogen-bond acceptors (Lipinski definition) is 2. The third-order valence-electron chi connectivity index (χ3n) is 2.40. The minimum atomic E-state index is -0.202. The van der Waals surface area contributed by atoms with Crippen LogP contribution in [0.4, 0.5) is 4.39 Å². The smallest absolute Gasteiger partial charge is 0.123 e. The second-order valence-corrected chi connectivity index (χ2v) is 4.60. The first kappa shape index (κ1) is 12.0. The molecule has 0 saturated carbocycles. The van der Waals surface area contributed by atoms with E-state index in [4.69, 9.17) is 4.74 Å². The number of thioether (sulfide) groups is 1. The highest BCUT2D eigenvalue weighted by Crippen LogP contribution is 2.27. The summed E-state index contributed by atoms with van der Waals surface area (Å²) in [6.45, 7) is 0. The summed E-state index contributed by atoms with van der Waals surface area (Å²) in [4.78, 5) is 1.05. The van der Waals surface area contributed by atoms with Crippen molar-refractivity contribution in [2.24, 2.45) is 0 Å². The molecule has 0 aliphatic rings. The molecule has 0 fully saturated rings. The van der Waals surface area contributed by atoms with Gasteiger partial charge in [-0.15, -0.1) is 11.8 Å². The molecule has 0 aromatic heterocycles. The van der Waals surface area contributed by atoms with Gasteiger partial charge in [0.05, 0.1) is 7.11 Å². The molecule has 0 unspecified atom stereocenters. The van der Waals surface area contributed by atoms with E-state index in [1.807, 2.05) is 24.3 Å². The van der Waals surface area contributed by atoms with Gasteiger partial charge >= 0.3 is 0 Å². The van der Waals surface area contributed by atoms with Crippen LogP contribution in [0, 0.1) is 5.82 Å². The number of para-hydroxylation sites is 1. The van der Waals surface area contributed by atoms with Crippen molar-refractivity contribution in [1.82, 2.24) is 0 Å². The maximum Gasteiger partial charge on any atom is 0.123 e. The van der Waals surface area contributed by atoms with Crippen LogP contribution in [0.3, 0.4) is 0 Å². The van der Waals surface area contributed by atoms with Crippen LogP contribution in [-0.4, -0.2) is 7.11 Å². The highest BCUT2D eigenvalue weighted by molar-refractivity contribution is 7.98. The Labute approximate surface area is 105 Å². The zero-order chi connectivity index (χ0) is 12.1. The van der Waals surface area contributed by atoms with Crippen LogP contribution in [0.15, 0.2) is 53.4 Å². The van der Waals surface area contributed by atoms with E-state index in [0.717, 1.165) is 22.0 Å². The highest BCUT2D eigenvalue weighted by atomic mass is 32.2. The zero-order valence-electron chi connectivity index (χ0n) is 9.52. The van der Waals surface area contributed by atoms with Gasteiger partial charge in [-0.05, 0) is 30.3 Å². The third kappa shape index (κ3) is 3.24. The molecule has 2 aromatic rings. The molecule has 17 heavy (non-hydrogen) atoms. The summed E-state index contributed by atoms with van der Waals surface area (Å²) < 4.78 is 18.0. The Balaban J connectivity index is 2.04. The van der Waals surface area contributed by atoms with Gasteiger partial charge in [-0.2, -0.15) is 0 Å². The number of rotatable bonds is 4. The predicted octanol–water partition coefficient (Wildman–Crippen LogP) is 4.13. The average Bonchev–Trinajstić information content (AvgIpc) is 2.38. The topological polar surface area (TPSA) is 9.23 Å². The van der Waals surface area contributed by atoms with E-state index < -0.39 is 0 Å². The van der Waals surface area contributed by atoms with Crippen molar-refractivity contribution in [2.75, 3.05) is 7.11 Å². The van der Waals surface area contributed by atoms with Crippen molar-refractivity contribution < 1.29 is 9.13 Å². The van der Waals surface area contributed by atoms with Crippen LogP contribution in [0.2, 0.25) is 0 Å². The first-order valence-corrected chi connectivity index (χ1v) is 6.28. The van der Waals surface area contributed by atoms with Gasteiger partial charge in [-0.3, -0.25) is 0 Å². The molecule has 0 spiro atoms. The van der Waals surface area contributed by atoms with Crippen molar-refractivity contribution in [1.29, 1.82) is 0 Å². The van der Waals surface area contributed by atoms with E-state index in [1.165, 1.54) is 12.1 Å². The van der Waals surface area contributed by atoms with E-state index in [0.29, 0.717) is 0 Å². The van der Waals surface area contributed by atoms with Crippen molar-refractivity contribution in [3.05, 3.63) is 59.9 Å². The van der Waals surface area contributed by atoms with Gasteiger partial charge in [0.25, 0.3) is 0 Å². The summed E-state index contributed by atoms with van der Waals surface area (Å²) in [5, 5.41) is 0. The summed E-state index contributed by atoms with van der Waals surface area (Å²) >= 11 is 1.67. The molecule has 0 atom stereocenters. The van der Waals surface area contributed by atoms with Crippen LogP contribution in [-0.2, 0) is 5.75 Å². The van der Waals surface area contributed by atoms with E-state index >= 15 is 0 Å². The molecule has 0 radical (unpaired) electrons. The summed E-state index contributed by atoms with van der Waals surface area (Å²) in [5.74, 6) is 1.50. The van der Waals surface area contributed by atoms with Gasteiger partial charge in [0.1, 0.15) is 11.6 Å². The van der Waals surface area contributed by atoms with Crippen molar-refractivity contribution in [3.63, 3.8) is 0 Å². The third-order valence-corrected chi connectivity index (χ3v) is 3.46. The van der Waals surface area contributed by atoms with Gasteiger partial charge in [0, 0.05) is 16.2 Å². The summed E-state index contributed by atoms with van der Waals surface area (Å²) in [6.07, 6.45) is 0. The molecule has 0 saturated heterocycles. The predicted molar refractivity (Wildman–Crippen MR) is 69.0 cm³/mol. The van der Waals surface area contributed by atoms with Crippen molar-refractivity contribution in [2.45, 2.75) is 10.6 Å². The van der Waals surface area contributed by atoms with Gasteiger partial charge < -0.3 is 4.74 Å². The number of halogens is 1. The van der Waals surface area contributed by atoms with Gasteiger partial charge in [0.2, 0.25) is 0 Å². The van der Waals surface area contributed by atoms with Gasteiger partial charge in [-0.1, -0.05) is 18.2 Å². The van der Waals surface area contributed by atoms with Crippen LogP contribution >= 0.6 is 11.8 Å². The maximum atomic E-state index is 12.7. The normalized spacial score (nSPS) is 10.2. The standard InChI is InChI=1S/C14H13FOS/c1-16-14-5-3-2-4-11(14)10-17-13-8-6-12(15)7-9-13/h2-9H,10H2,1H3. The second kappa shape index (κ2) is 5.73. The number of ether oxygens (including phenoxy) is 1. The molecule has 3 heteroatoms. The van der Waals surface area contributed by atoms with Gasteiger partial charge in [0.15, 0.2) is 0 Å². The van der Waals surface area contributed by atoms with Crippen LogP contribution in [0.5, 0.6) is 5.75 Å². The molecule has 88 valence electrons. The Kier molecular flexibility index (Phi) is 4.04. The lowest BCUT2D eigenvalue weighted by atomic mass is 10.2. The number of methoxy groups -OCH3 is 1. The minimum absolute atomic E-state index is 0.202. The molecule has 1 nitrogen and oxygen atoms in total. The highest BCUT2D eigenvalue weighted by Gasteiger charge is 2.02. The van der Waals surface area contributed by atoms with Crippen LogP contribution < -0.4 is 4.74 Å². The number of hydrogen-bond donors (Lipinski definition) is 0. The molecule has 0 amide bonds. The Morgan fingerprint density at radius 3 is 2.47 bits per heavy atom. The molecule has 0 aliphatic heterocycles. The maximum absolute atomic E-state index is 12.7. The second-order valence-electron chi connectivity index (χ2n) is 3.55.